The number of amides is 1. The maximum Gasteiger partial charge on any atom is 0.234 e. The topological polar surface area (TPSA) is 57.7 Å². The predicted molar refractivity (Wildman–Crippen MR) is 106 cm³/mol. The molecule has 3 aliphatic heterocycles. The number of nitrogens with one attached hydrogen (secondary N) is 1. The summed E-state index contributed by atoms with van der Waals surface area (Å²) < 4.78 is 6.49. The summed E-state index contributed by atoms with van der Waals surface area (Å²) in [6.07, 6.45) is 9.56. The Morgan fingerprint density at radius 3 is 3.07 bits per heavy atom. The van der Waals surface area contributed by atoms with Crippen molar-refractivity contribution in [1.29, 1.82) is 0 Å². The van der Waals surface area contributed by atoms with Crippen LogP contribution in [0.25, 0.3) is 0 Å². The van der Waals surface area contributed by atoms with Gasteiger partial charge < -0.3 is 15.0 Å². The van der Waals surface area contributed by atoms with Gasteiger partial charge in [0.25, 0.3) is 0 Å². The molecule has 5 rings (SSSR count). The third-order valence-electron chi connectivity index (χ3n) is 7.35. The van der Waals surface area contributed by atoms with Crippen LogP contribution in [0.5, 0.6) is 0 Å². The number of hydrogen-bond acceptors (Lipinski definition) is 6. The van der Waals surface area contributed by atoms with Gasteiger partial charge in [0.05, 0.1) is 18.2 Å². The Kier molecular flexibility index (Phi) is 4.64. The summed E-state index contributed by atoms with van der Waals surface area (Å²) in [5, 5.41) is 6.37. The van der Waals surface area contributed by atoms with Crippen molar-refractivity contribution in [3.8, 4) is 0 Å². The number of fused-ring (bicyclic) bond motifs is 1. The van der Waals surface area contributed by atoms with Gasteiger partial charge in [-0.25, -0.2) is 4.98 Å². The van der Waals surface area contributed by atoms with Crippen molar-refractivity contribution in [3.05, 3.63) is 11.6 Å². The van der Waals surface area contributed by atoms with E-state index in [2.05, 4.69) is 27.1 Å². The van der Waals surface area contributed by atoms with Crippen molar-refractivity contribution in [1.82, 2.24) is 15.2 Å². The first-order valence-corrected chi connectivity index (χ1v) is 11.3. The van der Waals surface area contributed by atoms with E-state index in [1.54, 1.807) is 11.3 Å². The van der Waals surface area contributed by atoms with Gasteiger partial charge in [-0.1, -0.05) is 12.8 Å². The zero-order valence-corrected chi connectivity index (χ0v) is 16.9. The Hall–Kier alpha value is -1.18. The van der Waals surface area contributed by atoms with E-state index in [0.29, 0.717) is 30.5 Å². The Morgan fingerprint density at radius 1 is 1.44 bits per heavy atom. The van der Waals surface area contributed by atoms with Crippen LogP contribution < -0.4 is 10.2 Å². The number of carbonyl (C=O) groups excluding carboxylic acids is 1. The van der Waals surface area contributed by atoms with E-state index in [0.717, 1.165) is 37.6 Å². The van der Waals surface area contributed by atoms with Gasteiger partial charge in [-0.2, -0.15) is 0 Å². The highest BCUT2D eigenvalue weighted by atomic mass is 32.1. The quantitative estimate of drug-likeness (QED) is 0.806. The molecule has 3 saturated heterocycles. The first kappa shape index (κ1) is 17.9. The van der Waals surface area contributed by atoms with Crippen LogP contribution in [0.15, 0.2) is 11.6 Å². The highest BCUT2D eigenvalue weighted by molar-refractivity contribution is 7.13. The predicted octanol–water partition coefficient (Wildman–Crippen LogP) is 2.12. The average molecular weight is 391 g/mol. The van der Waals surface area contributed by atoms with E-state index in [1.165, 1.54) is 25.7 Å². The molecule has 1 aromatic heterocycles. The van der Waals surface area contributed by atoms with Crippen LogP contribution in [0.2, 0.25) is 0 Å². The SMILES string of the molecule is CN(CC(=O)NC[C@H]1[C@H]2CN(c3nccs3)C[C@]23CC[C@H]1O3)C1CCCC1. The van der Waals surface area contributed by atoms with Crippen LogP contribution in [0, 0.1) is 11.8 Å². The Labute approximate surface area is 165 Å². The largest absolute Gasteiger partial charge is 0.369 e. The van der Waals surface area contributed by atoms with Gasteiger partial charge >= 0.3 is 0 Å². The number of thiazole rings is 1. The van der Waals surface area contributed by atoms with Crippen LogP contribution in [-0.2, 0) is 9.53 Å². The number of likely N-dealkylation sites (N-methyl/N-ethyl adjacent to an activating group) is 1. The van der Waals surface area contributed by atoms with Crippen LogP contribution in [0.1, 0.15) is 38.5 Å². The lowest BCUT2D eigenvalue weighted by atomic mass is 9.73. The van der Waals surface area contributed by atoms with Crippen molar-refractivity contribution < 1.29 is 9.53 Å². The molecule has 4 fully saturated rings. The Morgan fingerprint density at radius 2 is 2.30 bits per heavy atom. The molecule has 6 nitrogen and oxygen atoms in total. The molecule has 1 N–H and O–H groups in total. The standard InChI is InChI=1S/C20H30N4O2S/c1-23(14-4-2-3-5-14)12-18(25)22-10-15-16-11-24(19-21-8-9-27-19)13-20(16)7-6-17(15)26-20/h8-9,14-17H,2-7,10-13H2,1H3,(H,22,25)/t15-,16+,17+,20+/m0/s1. The molecule has 1 aromatic rings. The fourth-order valence-corrected chi connectivity index (χ4v) is 6.62. The zero-order chi connectivity index (χ0) is 18.4. The molecule has 1 saturated carbocycles. The van der Waals surface area contributed by atoms with Gasteiger partial charge in [0.15, 0.2) is 5.13 Å². The molecule has 4 heterocycles. The first-order chi connectivity index (χ1) is 13.1. The number of rotatable bonds is 6. The van der Waals surface area contributed by atoms with E-state index in [4.69, 9.17) is 4.74 Å². The molecule has 27 heavy (non-hydrogen) atoms. The number of nitrogens with zero attached hydrogens (tertiary/aromatic N) is 3. The van der Waals surface area contributed by atoms with Crippen molar-refractivity contribution in [2.75, 3.05) is 38.1 Å². The van der Waals surface area contributed by atoms with Gasteiger partial charge in [-0.3, -0.25) is 9.69 Å². The highest BCUT2D eigenvalue weighted by Gasteiger charge is 2.63. The number of ether oxygens (including phenoxy) is 1. The first-order valence-electron chi connectivity index (χ1n) is 10.4. The highest BCUT2D eigenvalue weighted by Crippen LogP contribution is 2.55. The van der Waals surface area contributed by atoms with Gasteiger partial charge in [0.1, 0.15) is 0 Å². The van der Waals surface area contributed by atoms with Crippen LogP contribution in [0.3, 0.4) is 0 Å². The minimum atomic E-state index is -0.00757. The molecule has 0 radical (unpaired) electrons. The summed E-state index contributed by atoms with van der Waals surface area (Å²) in [7, 11) is 2.09. The molecule has 2 bridgehead atoms. The number of anilines is 1. The molecule has 1 amide bonds. The average Bonchev–Trinajstić information content (AvgIpc) is 3.46. The van der Waals surface area contributed by atoms with Gasteiger partial charge in [0, 0.05) is 49.1 Å². The fourth-order valence-electron chi connectivity index (χ4n) is 5.97. The number of hydrogen-bond donors (Lipinski definition) is 1. The van der Waals surface area contributed by atoms with Gasteiger partial charge in [0.2, 0.25) is 5.91 Å². The molecule has 7 heteroatoms. The summed E-state index contributed by atoms with van der Waals surface area (Å²) in [6, 6.07) is 0.589. The molecule has 0 aromatic carbocycles. The van der Waals surface area contributed by atoms with Crippen molar-refractivity contribution in [2.24, 2.45) is 11.8 Å². The maximum atomic E-state index is 12.5. The minimum absolute atomic E-state index is 0.00757. The maximum absolute atomic E-state index is 12.5. The summed E-state index contributed by atoms with van der Waals surface area (Å²) >= 11 is 1.70. The number of carbonyl (C=O) groups is 1. The monoisotopic (exact) mass is 390 g/mol. The lowest BCUT2D eigenvalue weighted by Crippen LogP contribution is -2.45. The van der Waals surface area contributed by atoms with Crippen molar-refractivity contribution in [3.63, 3.8) is 0 Å². The second kappa shape index (κ2) is 7.01. The molecule has 1 spiro atoms. The third kappa shape index (κ3) is 3.17. The Balaban J connectivity index is 1.18. The minimum Gasteiger partial charge on any atom is -0.369 e. The van der Waals surface area contributed by atoms with E-state index >= 15 is 0 Å². The van der Waals surface area contributed by atoms with Gasteiger partial charge in [-0.05, 0) is 32.7 Å². The molecule has 4 aliphatic rings. The number of aromatic nitrogens is 1. The van der Waals surface area contributed by atoms with Crippen molar-refractivity contribution >= 4 is 22.4 Å². The van der Waals surface area contributed by atoms with E-state index < -0.39 is 0 Å². The van der Waals surface area contributed by atoms with Gasteiger partial charge in [-0.15, -0.1) is 11.3 Å². The molecule has 148 valence electrons. The second-order valence-electron chi connectivity index (χ2n) is 8.88. The smallest absolute Gasteiger partial charge is 0.234 e. The molecule has 4 atom stereocenters. The summed E-state index contributed by atoms with van der Waals surface area (Å²) in [5.74, 6) is 1.11. The van der Waals surface area contributed by atoms with Crippen molar-refractivity contribution in [2.45, 2.75) is 56.3 Å². The van der Waals surface area contributed by atoms with E-state index in [9.17, 15) is 4.79 Å². The van der Waals surface area contributed by atoms with Crippen LogP contribution in [0.4, 0.5) is 5.13 Å². The van der Waals surface area contributed by atoms with E-state index in [1.807, 2.05) is 11.6 Å². The van der Waals surface area contributed by atoms with E-state index in [-0.39, 0.29) is 11.5 Å². The normalized spacial score (nSPS) is 35.3. The summed E-state index contributed by atoms with van der Waals surface area (Å²) in [6.45, 7) is 3.23. The second-order valence-corrected chi connectivity index (χ2v) is 9.76. The fraction of sp³-hybridized carbons (Fsp3) is 0.800. The lowest BCUT2D eigenvalue weighted by molar-refractivity contribution is -0.122. The molecular weight excluding hydrogens is 360 g/mol. The molecule has 0 unspecified atom stereocenters. The van der Waals surface area contributed by atoms with Crippen LogP contribution in [-0.4, -0.2) is 66.8 Å². The third-order valence-corrected chi connectivity index (χ3v) is 8.18. The van der Waals surface area contributed by atoms with Crippen LogP contribution >= 0.6 is 11.3 Å². The zero-order valence-electron chi connectivity index (χ0n) is 16.1. The lowest BCUT2D eigenvalue weighted by Gasteiger charge is -2.29. The summed E-state index contributed by atoms with van der Waals surface area (Å²) in [5.41, 5.74) is -0.00757. The molecule has 1 aliphatic carbocycles. The summed E-state index contributed by atoms with van der Waals surface area (Å²) in [4.78, 5) is 21.6. The Bertz CT molecular complexity index is 678. The molecular formula is C20H30N4O2S.